The average Bonchev–Trinajstić information content (AvgIpc) is 3.65. The number of hydrogen-bond acceptors (Lipinski definition) is 7. The Morgan fingerprint density at radius 2 is 1.46 bits per heavy atom. The fourth-order valence-corrected chi connectivity index (χ4v) is 9.70. The molecule has 1 saturated carbocycles. The number of carbonyl (C=O) groups is 4. The summed E-state index contributed by atoms with van der Waals surface area (Å²) in [5.41, 5.74) is 7.51. The molecule has 8 rings (SSSR count). The van der Waals surface area contributed by atoms with Gasteiger partial charge in [-0.05, 0) is 87.5 Å². The van der Waals surface area contributed by atoms with Gasteiger partial charge in [0.05, 0.1) is 25.3 Å². The Bertz CT molecular complexity index is 2450. The first-order chi connectivity index (χ1) is 30.7. The molecule has 3 amide bonds. The summed E-state index contributed by atoms with van der Waals surface area (Å²) in [5.74, 6) is -2.35. The van der Waals surface area contributed by atoms with Crippen molar-refractivity contribution in [1.82, 2.24) is 15.1 Å². The third kappa shape index (κ3) is 9.36. The van der Waals surface area contributed by atoms with E-state index in [0.29, 0.717) is 17.5 Å². The van der Waals surface area contributed by atoms with Gasteiger partial charge in [-0.3, -0.25) is 14.5 Å². The lowest BCUT2D eigenvalue weighted by atomic mass is 9.83. The van der Waals surface area contributed by atoms with Gasteiger partial charge in [-0.15, -0.1) is 0 Å². The van der Waals surface area contributed by atoms with Gasteiger partial charge in [-0.1, -0.05) is 129 Å². The fourth-order valence-electron chi connectivity index (χ4n) is 9.70. The van der Waals surface area contributed by atoms with Gasteiger partial charge in [0.25, 0.3) is 0 Å². The first-order valence-electron chi connectivity index (χ1n) is 21.8. The van der Waals surface area contributed by atoms with Gasteiger partial charge < -0.3 is 19.7 Å². The van der Waals surface area contributed by atoms with Crippen LogP contribution >= 0.6 is 0 Å². The Kier molecular flexibility index (Phi) is 13.3. The predicted molar refractivity (Wildman–Crippen MR) is 235 cm³/mol. The molecule has 1 N–H and O–H groups in total. The molecule has 3 aliphatic rings. The molecule has 11 heteroatoms. The number of rotatable bonds is 13. The molecule has 0 radical (unpaired) electrons. The minimum Gasteiger partial charge on any atom is -0.467 e. The van der Waals surface area contributed by atoms with Crippen LogP contribution in [0.15, 0.2) is 121 Å². The van der Waals surface area contributed by atoms with Gasteiger partial charge in [0, 0.05) is 18.9 Å². The van der Waals surface area contributed by atoms with E-state index in [1.165, 1.54) is 29.0 Å². The monoisotopic (exact) mass is 846 g/mol. The maximum absolute atomic E-state index is 15.9. The molecule has 1 aliphatic heterocycles. The normalized spacial score (nSPS) is 16.7. The number of benzene rings is 5. The number of methoxy groups -OCH3 is 1. The quantitative estimate of drug-likeness (QED) is 0.117. The molecule has 322 valence electrons. The number of nitrogens with one attached hydrogen (secondary N) is 1. The second-order valence-electron chi connectivity index (χ2n) is 16.7. The number of amides is 3. The molecule has 1 heterocycles. The van der Waals surface area contributed by atoms with E-state index in [0.717, 1.165) is 71.0 Å². The Morgan fingerprint density at radius 3 is 2.11 bits per heavy atom. The van der Waals surface area contributed by atoms with E-state index >= 15 is 4.79 Å². The van der Waals surface area contributed by atoms with Crippen LogP contribution in [-0.4, -0.2) is 66.0 Å². The minimum atomic E-state index is -1.37. The number of carbonyl (C=O) groups excluding carboxylic acids is 4. The van der Waals surface area contributed by atoms with Crippen LogP contribution in [0.2, 0.25) is 0 Å². The lowest BCUT2D eigenvalue weighted by molar-refractivity contribution is -0.160. The number of ether oxygens (including phenoxy) is 2. The van der Waals surface area contributed by atoms with E-state index in [-0.39, 0.29) is 50.2 Å². The molecule has 0 bridgehead atoms. The highest BCUT2D eigenvalue weighted by Crippen LogP contribution is 2.45. The van der Waals surface area contributed by atoms with E-state index in [4.69, 9.17) is 9.47 Å². The Labute approximate surface area is 367 Å². The molecule has 5 aromatic carbocycles. The summed E-state index contributed by atoms with van der Waals surface area (Å²) < 4.78 is 25.4. The fraction of sp³-hybridized carbons (Fsp3) is 0.327. The van der Waals surface area contributed by atoms with E-state index in [9.17, 15) is 24.0 Å². The smallest absolute Gasteiger partial charge is 0.410 e. The number of fused-ring (bicyclic) bond motifs is 4. The lowest BCUT2D eigenvalue weighted by Crippen LogP contribution is -2.60. The van der Waals surface area contributed by atoms with Crippen LogP contribution in [0.5, 0.6) is 0 Å². The van der Waals surface area contributed by atoms with Gasteiger partial charge in [-0.25, -0.2) is 14.0 Å². The molecule has 0 saturated heterocycles. The molecule has 2 aliphatic carbocycles. The first kappa shape index (κ1) is 42.9. The molecule has 63 heavy (non-hydrogen) atoms. The van der Waals surface area contributed by atoms with Gasteiger partial charge in [-0.2, -0.15) is 5.26 Å². The first-order valence-corrected chi connectivity index (χ1v) is 21.8. The zero-order valence-electron chi connectivity index (χ0n) is 35.4. The maximum Gasteiger partial charge on any atom is 0.410 e. The number of hydrogen-bond donors (Lipinski definition) is 1. The molecule has 3 unspecified atom stereocenters. The number of nitrogens with zero attached hydrogens (tertiary/aromatic N) is 3. The van der Waals surface area contributed by atoms with Gasteiger partial charge >= 0.3 is 12.1 Å². The zero-order chi connectivity index (χ0) is 43.9. The Morgan fingerprint density at radius 1 is 0.825 bits per heavy atom. The van der Waals surface area contributed by atoms with Crippen molar-refractivity contribution < 1.29 is 33.0 Å². The highest BCUT2D eigenvalue weighted by Gasteiger charge is 2.47. The number of halogens is 1. The standard InChI is InChI=1S/C52H51FN4O6/c1-62-51(60)47(29-35-11-3-2-4-12-35)57(48(37-23-19-36(31-54)20-24-37)49(58)55-28-27-34-21-25-40(53)26-22-34)50(59)46-30-38-13-5-6-14-39(38)32-56(46)52(61)63-33-45-43-17-9-7-15-41(43)42-16-8-10-18-44(42)45/h5-10,13-26,35,45-48H,2-4,11-12,27-30,32-33H2,1H3,(H,55,58). The Hall–Kier alpha value is -6.80. The Balaban J connectivity index is 1.17. The van der Waals surface area contributed by atoms with Crippen molar-refractivity contribution in [1.29, 1.82) is 5.26 Å². The molecule has 0 spiro atoms. The van der Waals surface area contributed by atoms with E-state index < -0.39 is 42.0 Å². The van der Waals surface area contributed by atoms with Crippen LogP contribution < -0.4 is 5.32 Å². The summed E-state index contributed by atoms with van der Waals surface area (Å²) in [6.45, 7) is 0.244. The summed E-state index contributed by atoms with van der Waals surface area (Å²) in [6, 6.07) is 34.5. The second kappa shape index (κ2) is 19.5. The zero-order valence-corrected chi connectivity index (χ0v) is 35.4. The summed E-state index contributed by atoms with van der Waals surface area (Å²) in [5, 5.41) is 12.7. The maximum atomic E-state index is 15.9. The molecular formula is C52H51FN4O6. The number of nitriles is 1. The van der Waals surface area contributed by atoms with Crippen molar-refractivity contribution in [2.45, 2.75) is 82.0 Å². The largest absolute Gasteiger partial charge is 0.467 e. The summed E-state index contributed by atoms with van der Waals surface area (Å²) >= 11 is 0. The summed E-state index contributed by atoms with van der Waals surface area (Å²) in [4.78, 5) is 62.4. The van der Waals surface area contributed by atoms with Crippen LogP contribution in [-0.2, 0) is 43.2 Å². The molecule has 0 aromatic heterocycles. The average molecular weight is 847 g/mol. The van der Waals surface area contributed by atoms with Crippen LogP contribution in [0, 0.1) is 23.1 Å². The summed E-state index contributed by atoms with van der Waals surface area (Å²) in [7, 11) is 1.28. The molecular weight excluding hydrogens is 796 g/mol. The van der Waals surface area contributed by atoms with Crippen LogP contribution in [0.1, 0.15) is 89.4 Å². The van der Waals surface area contributed by atoms with E-state index in [1.54, 1.807) is 36.4 Å². The highest BCUT2D eigenvalue weighted by molar-refractivity contribution is 5.95. The van der Waals surface area contributed by atoms with Crippen molar-refractivity contribution in [2.75, 3.05) is 20.3 Å². The van der Waals surface area contributed by atoms with Gasteiger partial charge in [0.1, 0.15) is 30.5 Å². The van der Waals surface area contributed by atoms with Gasteiger partial charge in [0.2, 0.25) is 11.8 Å². The number of esters is 1. The SMILES string of the molecule is COC(=O)C(CC1CCCCC1)N(C(=O)C1Cc2ccccc2CN1C(=O)OCC1c2ccccc2-c2ccccc21)C(C(=O)NCCc1ccc(F)cc1)c1ccc(C#N)cc1. The minimum absolute atomic E-state index is 0.0342. The second-order valence-corrected chi connectivity index (χ2v) is 16.7. The van der Waals surface area contributed by atoms with Crippen LogP contribution in [0.4, 0.5) is 9.18 Å². The molecule has 3 atom stereocenters. The third-order valence-corrected chi connectivity index (χ3v) is 13.0. The van der Waals surface area contributed by atoms with Crippen molar-refractivity contribution in [2.24, 2.45) is 5.92 Å². The predicted octanol–water partition coefficient (Wildman–Crippen LogP) is 8.81. The van der Waals surface area contributed by atoms with Crippen molar-refractivity contribution in [3.05, 3.63) is 166 Å². The third-order valence-electron chi connectivity index (χ3n) is 13.0. The van der Waals surface area contributed by atoms with E-state index in [1.807, 2.05) is 60.7 Å². The van der Waals surface area contributed by atoms with E-state index in [2.05, 4.69) is 23.5 Å². The highest BCUT2D eigenvalue weighted by atomic mass is 19.1. The summed E-state index contributed by atoms with van der Waals surface area (Å²) in [6.07, 6.45) is 4.77. The molecule has 10 nitrogen and oxygen atoms in total. The molecule has 5 aromatic rings. The van der Waals surface area contributed by atoms with Crippen molar-refractivity contribution in [3.8, 4) is 17.2 Å². The lowest BCUT2D eigenvalue weighted by Gasteiger charge is -2.43. The molecule has 1 fully saturated rings. The van der Waals surface area contributed by atoms with Gasteiger partial charge in [0.15, 0.2) is 0 Å². The van der Waals surface area contributed by atoms with Crippen molar-refractivity contribution in [3.63, 3.8) is 0 Å². The van der Waals surface area contributed by atoms with Crippen LogP contribution in [0.3, 0.4) is 0 Å². The van der Waals surface area contributed by atoms with Crippen molar-refractivity contribution >= 4 is 23.9 Å². The topological polar surface area (TPSA) is 129 Å². The van der Waals surface area contributed by atoms with Crippen LogP contribution in [0.25, 0.3) is 11.1 Å².